The maximum atomic E-state index is 12.7. The molecule has 0 aliphatic carbocycles. The summed E-state index contributed by atoms with van der Waals surface area (Å²) in [4.78, 5) is 19.6. The number of piperidine rings is 1. The molecule has 0 amide bonds. The van der Waals surface area contributed by atoms with E-state index in [1.54, 1.807) is 6.20 Å². The van der Waals surface area contributed by atoms with Gasteiger partial charge in [0.15, 0.2) is 0 Å². The van der Waals surface area contributed by atoms with Crippen molar-refractivity contribution in [1.29, 1.82) is 0 Å². The van der Waals surface area contributed by atoms with Crippen molar-refractivity contribution in [3.05, 3.63) is 66.4 Å². The molecule has 0 atom stereocenters. The largest absolute Gasteiger partial charge is 0.461 e. The molecular formula is C23H24N2O2. The molecule has 0 radical (unpaired) electrons. The molecule has 2 heterocycles. The third-order valence-electron chi connectivity index (χ3n) is 5.15. The summed E-state index contributed by atoms with van der Waals surface area (Å²) >= 11 is 0. The molecule has 0 spiro atoms. The highest BCUT2D eigenvalue weighted by atomic mass is 16.5. The molecule has 1 aromatic heterocycles. The molecule has 1 aliphatic rings. The molecule has 27 heavy (non-hydrogen) atoms. The smallest absolute Gasteiger partial charge is 0.340 e. The monoisotopic (exact) mass is 360 g/mol. The Hall–Kier alpha value is -2.72. The van der Waals surface area contributed by atoms with Crippen LogP contribution in [-0.2, 0) is 4.74 Å². The Morgan fingerprint density at radius 1 is 0.926 bits per heavy atom. The van der Waals surface area contributed by atoms with Crippen molar-refractivity contribution in [2.24, 2.45) is 0 Å². The molecule has 1 fully saturated rings. The highest BCUT2D eigenvalue weighted by molar-refractivity contribution is 6.07. The van der Waals surface area contributed by atoms with Crippen LogP contribution in [0.15, 0.2) is 60.8 Å². The summed E-state index contributed by atoms with van der Waals surface area (Å²) in [5.74, 6) is -0.296. The van der Waals surface area contributed by atoms with Gasteiger partial charge >= 0.3 is 5.97 Å². The predicted molar refractivity (Wildman–Crippen MR) is 108 cm³/mol. The SMILES string of the molecule is O=C(OCCN1CCCCC1)c1cnc(-c2ccccc2)c2ccccc12. The van der Waals surface area contributed by atoms with Crippen LogP contribution in [0.25, 0.3) is 22.0 Å². The van der Waals surface area contributed by atoms with E-state index in [0.29, 0.717) is 12.2 Å². The third kappa shape index (κ3) is 4.01. The predicted octanol–water partition coefficient (Wildman–Crippen LogP) is 4.54. The lowest BCUT2D eigenvalue weighted by Gasteiger charge is -2.25. The molecule has 4 rings (SSSR count). The van der Waals surface area contributed by atoms with Crippen LogP contribution in [-0.4, -0.2) is 42.1 Å². The van der Waals surface area contributed by atoms with Gasteiger partial charge in [-0.3, -0.25) is 9.88 Å². The molecule has 3 aromatic rings. The summed E-state index contributed by atoms with van der Waals surface area (Å²) in [6.07, 6.45) is 5.43. The van der Waals surface area contributed by atoms with E-state index in [4.69, 9.17) is 4.74 Å². The summed E-state index contributed by atoms with van der Waals surface area (Å²) in [5.41, 5.74) is 2.46. The highest BCUT2D eigenvalue weighted by Gasteiger charge is 2.16. The van der Waals surface area contributed by atoms with Crippen molar-refractivity contribution in [3.63, 3.8) is 0 Å². The Kier molecular flexibility index (Phi) is 5.45. The number of rotatable bonds is 5. The number of aromatic nitrogens is 1. The average molecular weight is 360 g/mol. The number of nitrogens with zero attached hydrogens (tertiary/aromatic N) is 2. The van der Waals surface area contributed by atoms with Gasteiger partial charge in [-0.05, 0) is 31.3 Å². The maximum Gasteiger partial charge on any atom is 0.340 e. The first-order valence-electron chi connectivity index (χ1n) is 9.65. The second kappa shape index (κ2) is 8.31. The minimum atomic E-state index is -0.296. The molecule has 1 saturated heterocycles. The van der Waals surface area contributed by atoms with Crippen LogP contribution in [0.3, 0.4) is 0 Å². The Balaban J connectivity index is 1.54. The number of carbonyl (C=O) groups excluding carboxylic acids is 1. The molecule has 0 N–H and O–H groups in total. The Bertz CT molecular complexity index is 918. The zero-order chi connectivity index (χ0) is 18.5. The molecule has 138 valence electrons. The van der Waals surface area contributed by atoms with E-state index >= 15 is 0 Å². The molecule has 4 nitrogen and oxygen atoms in total. The van der Waals surface area contributed by atoms with Crippen LogP contribution < -0.4 is 0 Å². The fourth-order valence-corrected chi connectivity index (χ4v) is 3.71. The van der Waals surface area contributed by atoms with E-state index < -0.39 is 0 Å². The quantitative estimate of drug-likeness (QED) is 0.626. The fourth-order valence-electron chi connectivity index (χ4n) is 3.71. The number of likely N-dealkylation sites (tertiary alicyclic amines) is 1. The first kappa shape index (κ1) is 17.7. The van der Waals surface area contributed by atoms with Gasteiger partial charge in [0.2, 0.25) is 0 Å². The average Bonchev–Trinajstić information content (AvgIpc) is 2.74. The Morgan fingerprint density at radius 2 is 1.63 bits per heavy atom. The van der Waals surface area contributed by atoms with Gasteiger partial charge in [0.05, 0.1) is 11.3 Å². The number of hydrogen-bond donors (Lipinski definition) is 0. The Morgan fingerprint density at radius 3 is 2.41 bits per heavy atom. The molecule has 0 bridgehead atoms. The van der Waals surface area contributed by atoms with Crippen molar-refractivity contribution >= 4 is 16.7 Å². The number of esters is 1. The zero-order valence-corrected chi connectivity index (χ0v) is 15.4. The summed E-state index contributed by atoms with van der Waals surface area (Å²) in [5, 5.41) is 1.85. The molecule has 2 aromatic carbocycles. The lowest BCUT2D eigenvalue weighted by atomic mass is 10.0. The summed E-state index contributed by atoms with van der Waals surface area (Å²) in [6, 6.07) is 17.9. The molecule has 0 unspecified atom stereocenters. The lowest BCUT2D eigenvalue weighted by molar-refractivity contribution is 0.0454. The fraction of sp³-hybridized carbons (Fsp3) is 0.304. The number of carbonyl (C=O) groups is 1. The highest BCUT2D eigenvalue weighted by Crippen LogP contribution is 2.28. The van der Waals surface area contributed by atoms with E-state index in [-0.39, 0.29) is 5.97 Å². The summed E-state index contributed by atoms with van der Waals surface area (Å²) in [6.45, 7) is 3.44. The molecule has 4 heteroatoms. The van der Waals surface area contributed by atoms with Crippen molar-refractivity contribution in [3.8, 4) is 11.3 Å². The normalized spacial score (nSPS) is 15.0. The third-order valence-corrected chi connectivity index (χ3v) is 5.15. The standard InChI is InChI=1S/C23H24N2O2/c26-23(27-16-15-25-13-7-2-8-14-25)21-17-24-22(18-9-3-1-4-10-18)20-12-6-5-11-19(20)21/h1,3-6,9-12,17H,2,7-8,13-16H2. The summed E-state index contributed by atoms with van der Waals surface area (Å²) in [7, 11) is 0. The van der Waals surface area contributed by atoms with E-state index in [9.17, 15) is 4.79 Å². The number of benzene rings is 2. The van der Waals surface area contributed by atoms with Crippen molar-refractivity contribution in [2.75, 3.05) is 26.2 Å². The van der Waals surface area contributed by atoms with Crippen LogP contribution in [0.2, 0.25) is 0 Å². The molecule has 1 aliphatic heterocycles. The van der Waals surface area contributed by atoms with Crippen LogP contribution in [0, 0.1) is 0 Å². The van der Waals surface area contributed by atoms with Gasteiger partial charge in [0.25, 0.3) is 0 Å². The van der Waals surface area contributed by atoms with Gasteiger partial charge in [-0.2, -0.15) is 0 Å². The van der Waals surface area contributed by atoms with Crippen LogP contribution in [0.5, 0.6) is 0 Å². The lowest BCUT2D eigenvalue weighted by Crippen LogP contribution is -2.33. The van der Waals surface area contributed by atoms with Crippen molar-refractivity contribution in [1.82, 2.24) is 9.88 Å². The minimum Gasteiger partial charge on any atom is -0.461 e. The van der Waals surface area contributed by atoms with Crippen LogP contribution in [0.4, 0.5) is 0 Å². The first-order chi connectivity index (χ1) is 13.3. The molecule has 0 saturated carbocycles. The first-order valence-corrected chi connectivity index (χ1v) is 9.65. The van der Waals surface area contributed by atoms with Gasteiger partial charge < -0.3 is 4.74 Å². The number of ether oxygens (including phenoxy) is 1. The van der Waals surface area contributed by atoms with E-state index in [1.807, 2.05) is 54.6 Å². The van der Waals surface area contributed by atoms with Gasteiger partial charge in [0, 0.05) is 23.7 Å². The van der Waals surface area contributed by atoms with Gasteiger partial charge in [-0.25, -0.2) is 4.79 Å². The van der Waals surface area contributed by atoms with Crippen LogP contribution >= 0.6 is 0 Å². The number of hydrogen-bond acceptors (Lipinski definition) is 4. The molecular weight excluding hydrogens is 336 g/mol. The Labute approximate surface area is 159 Å². The summed E-state index contributed by atoms with van der Waals surface area (Å²) < 4.78 is 5.56. The van der Waals surface area contributed by atoms with Gasteiger partial charge in [-0.1, -0.05) is 61.0 Å². The topological polar surface area (TPSA) is 42.4 Å². The van der Waals surface area contributed by atoms with E-state index in [1.165, 1.54) is 19.3 Å². The van der Waals surface area contributed by atoms with Gasteiger partial charge in [0.1, 0.15) is 6.61 Å². The van der Waals surface area contributed by atoms with Crippen LogP contribution in [0.1, 0.15) is 29.6 Å². The number of fused-ring (bicyclic) bond motifs is 1. The maximum absolute atomic E-state index is 12.7. The van der Waals surface area contributed by atoms with E-state index in [2.05, 4.69) is 9.88 Å². The van der Waals surface area contributed by atoms with E-state index in [0.717, 1.165) is 41.7 Å². The number of pyridine rings is 1. The van der Waals surface area contributed by atoms with Gasteiger partial charge in [-0.15, -0.1) is 0 Å². The second-order valence-electron chi connectivity index (χ2n) is 6.97. The zero-order valence-electron chi connectivity index (χ0n) is 15.4. The van der Waals surface area contributed by atoms with Crippen molar-refractivity contribution in [2.45, 2.75) is 19.3 Å². The minimum absolute atomic E-state index is 0.296. The van der Waals surface area contributed by atoms with Crippen molar-refractivity contribution < 1.29 is 9.53 Å². The second-order valence-corrected chi connectivity index (χ2v) is 6.97.